The molecule has 0 amide bonds. The van der Waals surface area contributed by atoms with E-state index >= 15 is 0 Å². The highest BCUT2D eigenvalue weighted by Crippen LogP contribution is 2.17. The molecule has 0 unspecified atom stereocenters. The summed E-state index contributed by atoms with van der Waals surface area (Å²) in [6.45, 7) is 1.45. The van der Waals surface area contributed by atoms with Crippen LogP contribution in [0, 0.1) is 0 Å². The van der Waals surface area contributed by atoms with E-state index in [1.807, 2.05) is 24.3 Å². The molecular weight excluding hydrogens is 326 g/mol. The molecule has 0 atom stereocenters. The van der Waals surface area contributed by atoms with Crippen LogP contribution in [0.1, 0.15) is 43.4 Å². The molecule has 1 fully saturated rings. The Hall–Kier alpha value is -2.43. The first kappa shape index (κ1) is 18.4. The van der Waals surface area contributed by atoms with Crippen LogP contribution in [0.3, 0.4) is 0 Å². The van der Waals surface area contributed by atoms with Gasteiger partial charge in [0.15, 0.2) is 5.96 Å². The molecule has 5 nitrogen and oxygen atoms in total. The van der Waals surface area contributed by atoms with Gasteiger partial charge in [-0.05, 0) is 42.7 Å². The second-order valence-electron chi connectivity index (χ2n) is 6.75. The van der Waals surface area contributed by atoms with Crippen LogP contribution in [0.2, 0.25) is 0 Å². The van der Waals surface area contributed by atoms with E-state index in [9.17, 15) is 0 Å². The zero-order valence-corrected chi connectivity index (χ0v) is 15.5. The van der Waals surface area contributed by atoms with Gasteiger partial charge in [-0.15, -0.1) is 0 Å². The Kier molecular flexibility index (Phi) is 6.99. The number of nitrogens with one attached hydrogen (secondary N) is 2. The van der Waals surface area contributed by atoms with Crippen molar-refractivity contribution >= 4 is 5.96 Å². The summed E-state index contributed by atoms with van der Waals surface area (Å²) < 4.78 is 10.6. The van der Waals surface area contributed by atoms with E-state index < -0.39 is 0 Å². The number of aliphatic imine (C=N–C) groups is 1. The number of methoxy groups -OCH3 is 1. The minimum absolute atomic E-state index is 0.523. The molecule has 1 aromatic carbocycles. The summed E-state index contributed by atoms with van der Waals surface area (Å²) in [5.41, 5.74) is 1.17. The van der Waals surface area contributed by atoms with Crippen LogP contribution in [0.25, 0.3) is 0 Å². The average Bonchev–Trinajstić information content (AvgIpc) is 3.21. The molecule has 140 valence electrons. The minimum Gasteiger partial charge on any atom is -0.497 e. The summed E-state index contributed by atoms with van der Waals surface area (Å²) in [6, 6.07) is 12.5. The van der Waals surface area contributed by atoms with Gasteiger partial charge in [0.1, 0.15) is 11.5 Å². The van der Waals surface area contributed by atoms with Crippen molar-refractivity contribution in [2.24, 2.45) is 4.99 Å². The van der Waals surface area contributed by atoms with Gasteiger partial charge in [-0.2, -0.15) is 0 Å². The number of ether oxygens (including phenoxy) is 1. The van der Waals surface area contributed by atoms with E-state index in [1.54, 1.807) is 13.4 Å². The molecule has 2 aromatic rings. The Bertz CT molecular complexity index is 659. The minimum atomic E-state index is 0.523. The molecule has 3 rings (SSSR count). The lowest BCUT2D eigenvalue weighted by Crippen LogP contribution is -2.44. The maximum atomic E-state index is 5.40. The van der Waals surface area contributed by atoms with E-state index in [0.29, 0.717) is 12.6 Å². The van der Waals surface area contributed by atoms with Crippen LogP contribution in [0.5, 0.6) is 5.75 Å². The largest absolute Gasteiger partial charge is 0.497 e. The normalized spacial score (nSPS) is 15.7. The van der Waals surface area contributed by atoms with Crippen LogP contribution in [-0.2, 0) is 13.0 Å². The van der Waals surface area contributed by atoms with Gasteiger partial charge in [0, 0.05) is 19.0 Å². The first-order valence-corrected chi connectivity index (χ1v) is 9.53. The number of hydrogen-bond donors (Lipinski definition) is 2. The lowest BCUT2D eigenvalue weighted by molar-refractivity contribution is 0.409. The first-order chi connectivity index (χ1) is 12.8. The van der Waals surface area contributed by atoms with Crippen LogP contribution >= 0.6 is 0 Å². The predicted octanol–water partition coefficient (Wildman–Crippen LogP) is 3.90. The summed E-state index contributed by atoms with van der Waals surface area (Å²) in [4.78, 5) is 4.79. The highest BCUT2D eigenvalue weighted by Gasteiger charge is 2.14. The number of hydrogen-bond acceptors (Lipinski definition) is 3. The smallest absolute Gasteiger partial charge is 0.191 e. The lowest BCUT2D eigenvalue weighted by atomic mass is 9.96. The molecule has 0 spiro atoms. The van der Waals surface area contributed by atoms with Crippen molar-refractivity contribution < 1.29 is 9.15 Å². The van der Waals surface area contributed by atoms with Crippen molar-refractivity contribution in [2.75, 3.05) is 13.7 Å². The third kappa shape index (κ3) is 5.83. The monoisotopic (exact) mass is 355 g/mol. The van der Waals surface area contributed by atoms with Gasteiger partial charge >= 0.3 is 0 Å². The average molecular weight is 355 g/mol. The fraction of sp³-hybridized carbons (Fsp3) is 0.476. The van der Waals surface area contributed by atoms with Gasteiger partial charge in [-0.25, -0.2) is 4.99 Å². The van der Waals surface area contributed by atoms with Crippen molar-refractivity contribution in [3.8, 4) is 5.75 Å². The Labute approximate surface area is 155 Å². The predicted molar refractivity (Wildman–Crippen MR) is 105 cm³/mol. The van der Waals surface area contributed by atoms with Gasteiger partial charge < -0.3 is 19.8 Å². The molecule has 0 bridgehead atoms. The highest BCUT2D eigenvalue weighted by molar-refractivity contribution is 5.80. The molecule has 1 aliphatic carbocycles. The summed E-state index contributed by atoms with van der Waals surface area (Å²) in [5, 5.41) is 7.06. The van der Waals surface area contributed by atoms with Crippen molar-refractivity contribution in [1.29, 1.82) is 0 Å². The van der Waals surface area contributed by atoms with E-state index in [2.05, 4.69) is 22.8 Å². The third-order valence-electron chi connectivity index (χ3n) is 4.77. The summed E-state index contributed by atoms with van der Waals surface area (Å²) in [5.74, 6) is 2.75. The summed E-state index contributed by atoms with van der Waals surface area (Å²) in [7, 11) is 1.68. The van der Waals surface area contributed by atoms with Gasteiger partial charge in [-0.3, -0.25) is 0 Å². The molecule has 0 aliphatic heterocycles. The standard InChI is InChI=1S/C21H29N3O2/c1-25-19-11-9-17(10-12-19)16-23-21(24-18-6-3-2-4-7-18)22-14-13-20-8-5-15-26-20/h5,8-12,15,18H,2-4,6-7,13-14,16H2,1H3,(H2,22,23,24). The third-order valence-corrected chi connectivity index (χ3v) is 4.77. The molecule has 26 heavy (non-hydrogen) atoms. The van der Waals surface area contributed by atoms with Crippen molar-refractivity contribution in [1.82, 2.24) is 10.6 Å². The molecule has 1 heterocycles. The van der Waals surface area contributed by atoms with Crippen molar-refractivity contribution in [3.63, 3.8) is 0 Å². The van der Waals surface area contributed by atoms with Crippen LogP contribution in [-0.4, -0.2) is 25.7 Å². The Balaban J connectivity index is 1.57. The molecule has 1 aliphatic rings. The maximum Gasteiger partial charge on any atom is 0.191 e. The number of benzene rings is 1. The Morgan fingerprint density at radius 3 is 2.65 bits per heavy atom. The number of furan rings is 1. The Morgan fingerprint density at radius 1 is 1.15 bits per heavy atom. The molecule has 0 radical (unpaired) electrons. The fourth-order valence-electron chi connectivity index (χ4n) is 3.25. The van der Waals surface area contributed by atoms with Crippen LogP contribution in [0.15, 0.2) is 52.1 Å². The number of rotatable bonds is 7. The van der Waals surface area contributed by atoms with Gasteiger partial charge in [0.05, 0.1) is 19.9 Å². The number of nitrogens with zero attached hydrogens (tertiary/aromatic N) is 1. The van der Waals surface area contributed by atoms with E-state index in [-0.39, 0.29) is 0 Å². The summed E-state index contributed by atoms with van der Waals surface area (Å²) >= 11 is 0. The molecule has 5 heteroatoms. The zero-order valence-electron chi connectivity index (χ0n) is 15.5. The molecule has 2 N–H and O–H groups in total. The Morgan fingerprint density at radius 2 is 1.96 bits per heavy atom. The zero-order chi connectivity index (χ0) is 18.0. The topological polar surface area (TPSA) is 58.8 Å². The SMILES string of the molecule is COc1ccc(CN=C(NCCc2ccco2)NC2CCCCC2)cc1. The van der Waals surface area contributed by atoms with Crippen molar-refractivity contribution in [3.05, 3.63) is 54.0 Å². The van der Waals surface area contributed by atoms with Crippen LogP contribution < -0.4 is 15.4 Å². The fourth-order valence-corrected chi connectivity index (χ4v) is 3.25. The summed E-state index contributed by atoms with van der Waals surface area (Å²) in [6.07, 6.45) is 8.96. The van der Waals surface area contributed by atoms with E-state index in [4.69, 9.17) is 14.1 Å². The molecule has 0 saturated heterocycles. The van der Waals surface area contributed by atoms with Gasteiger partial charge in [0.25, 0.3) is 0 Å². The first-order valence-electron chi connectivity index (χ1n) is 9.53. The molecule has 1 saturated carbocycles. The van der Waals surface area contributed by atoms with Crippen molar-refractivity contribution in [2.45, 2.75) is 51.1 Å². The quantitative estimate of drug-likeness (QED) is 0.584. The molecular formula is C21H29N3O2. The maximum absolute atomic E-state index is 5.40. The van der Waals surface area contributed by atoms with Gasteiger partial charge in [0.2, 0.25) is 0 Å². The lowest BCUT2D eigenvalue weighted by Gasteiger charge is -2.25. The van der Waals surface area contributed by atoms with Gasteiger partial charge in [-0.1, -0.05) is 31.4 Å². The molecule has 1 aromatic heterocycles. The van der Waals surface area contributed by atoms with E-state index in [1.165, 1.54) is 37.7 Å². The van der Waals surface area contributed by atoms with Crippen LogP contribution in [0.4, 0.5) is 0 Å². The second kappa shape index (κ2) is 9.90. The highest BCUT2D eigenvalue weighted by atomic mass is 16.5. The second-order valence-corrected chi connectivity index (χ2v) is 6.75. The van der Waals surface area contributed by atoms with E-state index in [0.717, 1.165) is 30.4 Å². The number of guanidine groups is 1.